The molecule has 0 atom stereocenters. The van der Waals surface area contributed by atoms with Gasteiger partial charge < -0.3 is 5.84 Å². The van der Waals surface area contributed by atoms with Crippen molar-refractivity contribution in [3.05, 3.63) is 12.7 Å². The quantitative estimate of drug-likeness (QED) is 0.410. The lowest BCUT2D eigenvalue weighted by Crippen LogP contribution is -2.06. The fourth-order valence-electron chi connectivity index (χ4n) is 0.217. The Balaban J connectivity index is 3.05. The van der Waals surface area contributed by atoms with Crippen molar-refractivity contribution in [1.82, 2.24) is 14.9 Å². The van der Waals surface area contributed by atoms with Crippen LogP contribution in [0.5, 0.6) is 0 Å². The molecule has 2 N–H and O–H groups in total. The normalized spacial score (nSPS) is 8.67. The predicted octanol–water partition coefficient (Wildman–Crippen LogP) is -1.01. The molecule has 0 saturated heterocycles. The predicted molar refractivity (Wildman–Crippen MR) is 20.2 cm³/mol. The first-order valence-electron chi connectivity index (χ1n) is 1.49. The van der Waals surface area contributed by atoms with E-state index in [0.29, 0.717) is 0 Å². The van der Waals surface area contributed by atoms with E-state index in [1.165, 1.54) is 12.7 Å². The van der Waals surface area contributed by atoms with Crippen molar-refractivity contribution in [2.24, 2.45) is 0 Å². The summed E-state index contributed by atoms with van der Waals surface area (Å²) in [5.41, 5.74) is 0. The molecule has 0 spiro atoms. The SMILES string of the molecule is Nn1cncn1. The van der Waals surface area contributed by atoms with E-state index in [9.17, 15) is 0 Å². The standard InChI is InChI=1S/C2H4N4/c3-6-2-4-1-5-6/h1-2H,3H2. The number of aromatic nitrogens is 3. The zero-order chi connectivity index (χ0) is 4.41. The molecule has 0 unspecified atom stereocenters. The van der Waals surface area contributed by atoms with E-state index in [0.717, 1.165) is 4.79 Å². The maximum atomic E-state index is 5.02. The highest BCUT2D eigenvalue weighted by Gasteiger charge is 1.70. The summed E-state index contributed by atoms with van der Waals surface area (Å²) < 4.78 is 0. The average molecular weight is 84.1 g/mol. The fourth-order valence-corrected chi connectivity index (χ4v) is 0.217. The fraction of sp³-hybridized carbons (Fsp3) is 0. The topological polar surface area (TPSA) is 56.7 Å². The Labute approximate surface area is 34.6 Å². The Bertz CT molecular complexity index is 109. The van der Waals surface area contributed by atoms with Crippen molar-refractivity contribution in [3.63, 3.8) is 0 Å². The molecule has 6 heavy (non-hydrogen) atoms. The first kappa shape index (κ1) is 3.14. The van der Waals surface area contributed by atoms with Crippen LogP contribution in [0, 0.1) is 0 Å². The van der Waals surface area contributed by atoms with Crippen molar-refractivity contribution in [2.45, 2.75) is 0 Å². The van der Waals surface area contributed by atoms with E-state index in [1.54, 1.807) is 0 Å². The van der Waals surface area contributed by atoms with E-state index in [4.69, 9.17) is 5.84 Å². The third-order valence-electron chi connectivity index (χ3n) is 0.437. The molecule has 0 aliphatic rings. The van der Waals surface area contributed by atoms with Crippen LogP contribution in [0.1, 0.15) is 0 Å². The highest BCUT2D eigenvalue weighted by atomic mass is 15.5. The van der Waals surface area contributed by atoms with Gasteiger partial charge in [0.05, 0.1) is 0 Å². The Morgan fingerprint density at radius 3 is 2.67 bits per heavy atom. The number of rotatable bonds is 0. The van der Waals surface area contributed by atoms with Crippen molar-refractivity contribution in [2.75, 3.05) is 5.84 Å². The minimum atomic E-state index is 1.14. The molecule has 1 heterocycles. The van der Waals surface area contributed by atoms with Crippen LogP contribution in [0.2, 0.25) is 0 Å². The van der Waals surface area contributed by atoms with Gasteiger partial charge in [0.2, 0.25) is 0 Å². The zero-order valence-electron chi connectivity index (χ0n) is 3.07. The molecule has 4 nitrogen and oxygen atoms in total. The molecule has 1 aromatic rings. The Morgan fingerprint density at radius 2 is 2.50 bits per heavy atom. The largest absolute Gasteiger partial charge is 0.322 e. The Hall–Kier alpha value is -1.06. The highest BCUT2D eigenvalue weighted by molar-refractivity contribution is 4.51. The number of hydrogen-bond donors (Lipinski definition) is 1. The second-order valence-electron chi connectivity index (χ2n) is 0.875. The minimum absolute atomic E-state index is 1.14. The molecular weight excluding hydrogens is 80.0 g/mol. The number of hydrogen-bond acceptors (Lipinski definition) is 3. The van der Waals surface area contributed by atoms with Gasteiger partial charge in [0.15, 0.2) is 0 Å². The van der Waals surface area contributed by atoms with Gasteiger partial charge in [-0.15, -0.1) is 5.10 Å². The van der Waals surface area contributed by atoms with E-state index < -0.39 is 0 Å². The third-order valence-corrected chi connectivity index (χ3v) is 0.437. The van der Waals surface area contributed by atoms with Crippen molar-refractivity contribution < 1.29 is 0 Å². The molecule has 0 amide bonds. The van der Waals surface area contributed by atoms with Crippen molar-refractivity contribution in [1.29, 1.82) is 0 Å². The van der Waals surface area contributed by atoms with Crippen LogP contribution < -0.4 is 5.84 Å². The van der Waals surface area contributed by atoms with Crippen LogP contribution in [-0.2, 0) is 0 Å². The summed E-state index contributed by atoms with van der Waals surface area (Å²) in [5, 5.41) is 3.50. The molecule has 0 radical (unpaired) electrons. The first-order valence-corrected chi connectivity index (χ1v) is 1.49. The van der Waals surface area contributed by atoms with E-state index >= 15 is 0 Å². The highest BCUT2D eigenvalue weighted by Crippen LogP contribution is 1.60. The molecule has 0 fully saturated rings. The molecular formula is C2H4N4. The van der Waals surface area contributed by atoms with Crippen LogP contribution in [0.4, 0.5) is 0 Å². The van der Waals surface area contributed by atoms with E-state index in [1.807, 2.05) is 0 Å². The van der Waals surface area contributed by atoms with Crippen LogP contribution in [0.25, 0.3) is 0 Å². The molecule has 32 valence electrons. The minimum Gasteiger partial charge on any atom is -0.322 e. The van der Waals surface area contributed by atoms with E-state index in [-0.39, 0.29) is 0 Å². The van der Waals surface area contributed by atoms with E-state index in [2.05, 4.69) is 10.1 Å². The third kappa shape index (κ3) is 0.314. The second-order valence-corrected chi connectivity index (χ2v) is 0.875. The Morgan fingerprint density at radius 1 is 1.67 bits per heavy atom. The van der Waals surface area contributed by atoms with Gasteiger partial charge in [0.1, 0.15) is 12.7 Å². The summed E-state index contributed by atoms with van der Waals surface area (Å²) in [5.74, 6) is 5.02. The molecule has 4 heteroatoms. The molecule has 0 bridgehead atoms. The lowest BCUT2D eigenvalue weighted by molar-refractivity contribution is 0.830. The molecule has 0 aliphatic carbocycles. The van der Waals surface area contributed by atoms with Crippen LogP contribution in [-0.4, -0.2) is 14.9 Å². The molecule has 0 aliphatic heterocycles. The maximum Gasteiger partial charge on any atom is 0.139 e. The number of nitrogens with two attached hydrogens (primary N) is 1. The van der Waals surface area contributed by atoms with Crippen molar-refractivity contribution in [3.8, 4) is 0 Å². The second kappa shape index (κ2) is 0.965. The summed E-state index contributed by atoms with van der Waals surface area (Å²) in [6.45, 7) is 0. The van der Waals surface area contributed by atoms with Gasteiger partial charge in [0, 0.05) is 0 Å². The molecule has 1 rings (SSSR count). The zero-order valence-corrected chi connectivity index (χ0v) is 3.07. The maximum absolute atomic E-state index is 5.02. The van der Waals surface area contributed by atoms with Crippen LogP contribution in [0.3, 0.4) is 0 Å². The van der Waals surface area contributed by atoms with Gasteiger partial charge in [-0.25, -0.2) is 4.98 Å². The summed E-state index contributed by atoms with van der Waals surface area (Å²) in [4.78, 5) is 4.69. The monoisotopic (exact) mass is 84.0 g/mol. The molecule has 0 saturated carbocycles. The van der Waals surface area contributed by atoms with Crippen molar-refractivity contribution >= 4 is 0 Å². The molecule has 1 aromatic heterocycles. The number of nitrogens with zero attached hydrogens (tertiary/aromatic N) is 3. The smallest absolute Gasteiger partial charge is 0.139 e. The van der Waals surface area contributed by atoms with Gasteiger partial charge in [-0.05, 0) is 0 Å². The van der Waals surface area contributed by atoms with Gasteiger partial charge in [0.25, 0.3) is 0 Å². The lowest BCUT2D eigenvalue weighted by atomic mass is 11.3. The average Bonchev–Trinajstić information content (AvgIpc) is 1.86. The number of nitrogen functional groups attached to an aromatic ring is 1. The van der Waals surface area contributed by atoms with Crippen LogP contribution in [0.15, 0.2) is 12.7 Å². The summed E-state index contributed by atoms with van der Waals surface area (Å²) >= 11 is 0. The van der Waals surface area contributed by atoms with Crippen LogP contribution >= 0.6 is 0 Å². The summed E-state index contributed by atoms with van der Waals surface area (Å²) in [6, 6.07) is 0. The lowest BCUT2D eigenvalue weighted by Gasteiger charge is -1.76. The van der Waals surface area contributed by atoms with Gasteiger partial charge in [-0.1, -0.05) is 0 Å². The summed E-state index contributed by atoms with van der Waals surface area (Å²) in [6.07, 6.45) is 2.79. The van der Waals surface area contributed by atoms with Gasteiger partial charge >= 0.3 is 0 Å². The summed E-state index contributed by atoms with van der Waals surface area (Å²) in [7, 11) is 0. The molecule has 0 aromatic carbocycles. The van der Waals surface area contributed by atoms with Gasteiger partial charge in [-0.2, -0.15) is 4.79 Å². The first-order chi connectivity index (χ1) is 2.89. The Kier molecular flexibility index (Phi) is 0.506. The van der Waals surface area contributed by atoms with Gasteiger partial charge in [-0.3, -0.25) is 0 Å².